The summed E-state index contributed by atoms with van der Waals surface area (Å²) in [5.74, 6) is -0.149. The molecule has 0 aromatic heterocycles. The molecule has 1 aromatic rings. The first-order valence-electron chi connectivity index (χ1n) is 6.38. The monoisotopic (exact) mass is 279 g/mol. The number of fused-ring (bicyclic) bond motifs is 1. The molecule has 0 N–H and O–H groups in total. The number of hydrogen-bond acceptors (Lipinski definition) is 3. The molecule has 0 fully saturated rings. The molecule has 5 heteroatoms. The van der Waals surface area contributed by atoms with Crippen LogP contribution in [0.25, 0.3) is 0 Å². The number of anilines is 1. The van der Waals surface area contributed by atoms with Crippen LogP contribution in [0.5, 0.6) is 0 Å². The zero-order chi connectivity index (χ0) is 14.0. The predicted octanol–water partition coefficient (Wildman–Crippen LogP) is 2.14. The van der Waals surface area contributed by atoms with Crippen LogP contribution in [-0.2, 0) is 15.6 Å². The average molecular weight is 279 g/mol. The van der Waals surface area contributed by atoms with Gasteiger partial charge in [-0.25, -0.2) is 0 Å². The highest BCUT2D eigenvalue weighted by Gasteiger charge is 2.29. The number of Topliss-reactive ketones (excluding diaryl/α,β-unsaturated/α-hetero) is 1. The molecule has 0 spiro atoms. The van der Waals surface area contributed by atoms with E-state index >= 15 is 0 Å². The van der Waals surface area contributed by atoms with Crippen LogP contribution in [0.4, 0.5) is 5.69 Å². The maximum absolute atomic E-state index is 12.0. The molecule has 2 rings (SSSR count). The lowest BCUT2D eigenvalue weighted by Gasteiger charge is -2.29. The fraction of sp³-hybridized carbons (Fsp3) is 0.429. The van der Waals surface area contributed by atoms with Gasteiger partial charge in [-0.15, -0.1) is 0 Å². The fourth-order valence-electron chi connectivity index (χ4n) is 2.10. The maximum Gasteiger partial charge on any atom is 0.240 e. The maximum atomic E-state index is 12.0. The molecule has 0 saturated carbocycles. The molecule has 4 nitrogen and oxygen atoms in total. The third-order valence-electron chi connectivity index (χ3n) is 3.19. The highest BCUT2D eigenvalue weighted by atomic mass is 32.2. The summed E-state index contributed by atoms with van der Waals surface area (Å²) < 4.78 is 12.0. The van der Waals surface area contributed by atoms with Gasteiger partial charge in [0.2, 0.25) is 5.91 Å². The Morgan fingerprint density at radius 2 is 2.16 bits per heavy atom. The van der Waals surface area contributed by atoms with E-state index in [1.165, 1.54) is 6.92 Å². The summed E-state index contributed by atoms with van der Waals surface area (Å²) in [5.41, 5.74) is 1.23. The standard InChI is InChI=1S/C14H17NO3S/c1-3-4-7-15-12-6-5-11(10(2)16)8-13(12)19(18)9-14(15)17/h5-6,8H,3-4,7,9H2,1-2H3. The molecule has 1 atom stereocenters. The lowest BCUT2D eigenvalue weighted by atomic mass is 10.1. The van der Waals surface area contributed by atoms with Crippen LogP contribution < -0.4 is 4.90 Å². The fourth-order valence-corrected chi connectivity index (χ4v) is 3.31. The Bertz CT molecular complexity index is 554. The van der Waals surface area contributed by atoms with Crippen molar-refractivity contribution in [3.05, 3.63) is 23.8 Å². The normalized spacial score (nSPS) is 18.3. The second-order valence-corrected chi connectivity index (χ2v) is 6.05. The minimum absolute atomic E-state index is 0.0120. The number of amides is 1. The largest absolute Gasteiger partial charge is 0.310 e. The van der Waals surface area contributed by atoms with Gasteiger partial charge in [0.25, 0.3) is 0 Å². The van der Waals surface area contributed by atoms with E-state index in [-0.39, 0.29) is 17.4 Å². The van der Waals surface area contributed by atoms with Crippen molar-refractivity contribution in [3.63, 3.8) is 0 Å². The van der Waals surface area contributed by atoms with Gasteiger partial charge in [0.05, 0.1) is 21.4 Å². The minimum Gasteiger partial charge on any atom is -0.310 e. The number of hydrogen-bond donors (Lipinski definition) is 0. The molecule has 1 aromatic carbocycles. The van der Waals surface area contributed by atoms with Crippen molar-refractivity contribution < 1.29 is 13.8 Å². The van der Waals surface area contributed by atoms with E-state index < -0.39 is 10.8 Å². The Labute approximate surface area is 115 Å². The van der Waals surface area contributed by atoms with Crippen LogP contribution in [0.15, 0.2) is 23.1 Å². The molecule has 19 heavy (non-hydrogen) atoms. The SMILES string of the molecule is CCCCN1C(=O)CS(=O)c2cc(C(C)=O)ccc21. The molecule has 1 aliphatic rings. The van der Waals surface area contributed by atoms with Crippen molar-refractivity contribution in [1.29, 1.82) is 0 Å². The Kier molecular flexibility index (Phi) is 4.14. The number of rotatable bonds is 4. The minimum atomic E-state index is -1.34. The smallest absolute Gasteiger partial charge is 0.240 e. The van der Waals surface area contributed by atoms with Crippen LogP contribution in [0.2, 0.25) is 0 Å². The zero-order valence-electron chi connectivity index (χ0n) is 11.1. The van der Waals surface area contributed by atoms with E-state index in [1.54, 1.807) is 23.1 Å². The summed E-state index contributed by atoms with van der Waals surface area (Å²) in [6.45, 7) is 4.18. The molecular formula is C14H17NO3S. The van der Waals surface area contributed by atoms with Crippen molar-refractivity contribution in [1.82, 2.24) is 0 Å². The van der Waals surface area contributed by atoms with Crippen molar-refractivity contribution in [3.8, 4) is 0 Å². The van der Waals surface area contributed by atoms with Gasteiger partial charge in [0.1, 0.15) is 5.75 Å². The molecule has 0 radical (unpaired) electrons. The Morgan fingerprint density at radius 3 is 2.79 bits per heavy atom. The summed E-state index contributed by atoms with van der Waals surface area (Å²) in [6, 6.07) is 5.08. The van der Waals surface area contributed by atoms with Gasteiger partial charge < -0.3 is 4.90 Å². The van der Waals surface area contributed by atoms with Crippen LogP contribution in [0.3, 0.4) is 0 Å². The summed E-state index contributed by atoms with van der Waals surface area (Å²) in [5, 5.41) is 0. The number of ketones is 1. The third-order valence-corrected chi connectivity index (χ3v) is 4.52. The molecule has 102 valence electrons. The van der Waals surface area contributed by atoms with Gasteiger partial charge in [-0.2, -0.15) is 0 Å². The molecule has 1 amide bonds. The lowest BCUT2D eigenvalue weighted by Crippen LogP contribution is -2.39. The summed E-state index contributed by atoms with van der Waals surface area (Å²) in [7, 11) is -1.34. The topological polar surface area (TPSA) is 54.5 Å². The van der Waals surface area contributed by atoms with E-state index in [0.717, 1.165) is 12.8 Å². The average Bonchev–Trinajstić information content (AvgIpc) is 2.38. The first-order valence-corrected chi connectivity index (χ1v) is 7.70. The molecule has 0 saturated heterocycles. The summed E-state index contributed by atoms with van der Waals surface area (Å²) >= 11 is 0. The quantitative estimate of drug-likeness (QED) is 0.793. The Hall–Kier alpha value is -1.49. The van der Waals surface area contributed by atoms with Gasteiger partial charge in [-0.3, -0.25) is 13.8 Å². The van der Waals surface area contributed by atoms with E-state index in [2.05, 4.69) is 6.92 Å². The first kappa shape index (κ1) is 13.9. The molecule has 0 bridgehead atoms. The van der Waals surface area contributed by atoms with Gasteiger partial charge in [-0.05, 0) is 31.5 Å². The summed E-state index contributed by atoms with van der Waals surface area (Å²) in [4.78, 5) is 25.6. The molecular weight excluding hydrogens is 262 g/mol. The van der Waals surface area contributed by atoms with Crippen molar-refractivity contribution in [2.24, 2.45) is 0 Å². The Balaban J connectivity index is 2.43. The molecule has 1 aliphatic heterocycles. The third kappa shape index (κ3) is 2.76. The van der Waals surface area contributed by atoms with Crippen molar-refractivity contribution in [2.45, 2.75) is 31.6 Å². The van der Waals surface area contributed by atoms with Crippen LogP contribution in [0.1, 0.15) is 37.0 Å². The van der Waals surface area contributed by atoms with Gasteiger partial charge >= 0.3 is 0 Å². The zero-order valence-corrected chi connectivity index (χ0v) is 12.0. The van der Waals surface area contributed by atoms with E-state index in [1.807, 2.05) is 0 Å². The van der Waals surface area contributed by atoms with Crippen LogP contribution in [-0.4, -0.2) is 28.2 Å². The number of nitrogens with zero attached hydrogens (tertiary/aromatic N) is 1. The predicted molar refractivity (Wildman–Crippen MR) is 75.0 cm³/mol. The van der Waals surface area contributed by atoms with Crippen LogP contribution in [0, 0.1) is 0 Å². The highest BCUT2D eigenvalue weighted by Crippen LogP contribution is 2.30. The molecule has 1 heterocycles. The van der Waals surface area contributed by atoms with Gasteiger partial charge in [-0.1, -0.05) is 13.3 Å². The lowest BCUT2D eigenvalue weighted by molar-refractivity contribution is -0.116. The Morgan fingerprint density at radius 1 is 1.42 bits per heavy atom. The van der Waals surface area contributed by atoms with E-state index in [4.69, 9.17) is 0 Å². The number of carbonyl (C=O) groups excluding carboxylic acids is 2. The number of carbonyl (C=O) groups is 2. The van der Waals surface area contributed by atoms with Crippen molar-refractivity contribution >= 4 is 28.2 Å². The number of unbranched alkanes of at least 4 members (excludes halogenated alkanes) is 1. The second kappa shape index (κ2) is 5.65. The van der Waals surface area contributed by atoms with E-state index in [0.29, 0.717) is 22.7 Å². The number of benzene rings is 1. The summed E-state index contributed by atoms with van der Waals surface area (Å²) in [6.07, 6.45) is 1.90. The first-order chi connectivity index (χ1) is 9.04. The molecule has 1 unspecified atom stereocenters. The van der Waals surface area contributed by atoms with E-state index in [9.17, 15) is 13.8 Å². The molecule has 0 aliphatic carbocycles. The van der Waals surface area contributed by atoms with Crippen LogP contribution >= 0.6 is 0 Å². The van der Waals surface area contributed by atoms with Crippen molar-refractivity contribution in [2.75, 3.05) is 17.2 Å². The second-order valence-electron chi connectivity index (χ2n) is 4.63. The van der Waals surface area contributed by atoms with Gasteiger partial charge in [0.15, 0.2) is 5.78 Å². The highest BCUT2D eigenvalue weighted by molar-refractivity contribution is 7.86. The van der Waals surface area contributed by atoms with Gasteiger partial charge in [0, 0.05) is 12.1 Å².